The molecule has 0 aliphatic rings. The van der Waals surface area contributed by atoms with Crippen LogP contribution in [0.15, 0.2) is 48.7 Å². The number of hydrogen-bond donors (Lipinski definition) is 1. The maximum Gasteiger partial charge on any atom is 0.169 e. The quantitative estimate of drug-likeness (QED) is 0.739. The Morgan fingerprint density at radius 2 is 2.00 bits per heavy atom. The molecular formula is C17H11ClN2O. The number of benzene rings is 2. The van der Waals surface area contributed by atoms with Crippen LogP contribution in [0.2, 0.25) is 5.02 Å². The summed E-state index contributed by atoms with van der Waals surface area (Å²) in [4.78, 5) is 15.6. The number of rotatable bonds is 3. The average Bonchev–Trinajstić information content (AvgIpc) is 2.93. The highest BCUT2D eigenvalue weighted by atomic mass is 35.5. The first-order valence-corrected chi connectivity index (χ1v) is 6.85. The van der Waals surface area contributed by atoms with Crippen LogP contribution in [0, 0.1) is 11.3 Å². The van der Waals surface area contributed by atoms with E-state index in [4.69, 9.17) is 11.6 Å². The summed E-state index contributed by atoms with van der Waals surface area (Å²) in [5.74, 6) is -0.0583. The molecule has 4 heteroatoms. The van der Waals surface area contributed by atoms with Crippen molar-refractivity contribution in [2.24, 2.45) is 0 Å². The molecule has 3 nitrogen and oxygen atoms in total. The lowest BCUT2D eigenvalue weighted by atomic mass is 10.00. The number of H-pyrrole nitrogens is 1. The number of aromatic amines is 1. The third kappa shape index (κ3) is 2.42. The summed E-state index contributed by atoms with van der Waals surface area (Å²) in [7, 11) is 0. The molecule has 3 rings (SSSR count). The van der Waals surface area contributed by atoms with Gasteiger partial charge in [0.2, 0.25) is 0 Å². The van der Waals surface area contributed by atoms with Gasteiger partial charge in [-0.2, -0.15) is 5.26 Å². The van der Waals surface area contributed by atoms with Crippen LogP contribution in [-0.2, 0) is 6.42 Å². The number of fused-ring (bicyclic) bond motifs is 1. The van der Waals surface area contributed by atoms with Crippen LogP contribution >= 0.6 is 11.6 Å². The summed E-state index contributed by atoms with van der Waals surface area (Å²) in [5, 5.41) is 10.5. The van der Waals surface area contributed by atoms with Gasteiger partial charge in [0, 0.05) is 34.1 Å². The Morgan fingerprint density at radius 3 is 2.76 bits per heavy atom. The molecule has 0 saturated heterocycles. The molecule has 0 aliphatic carbocycles. The van der Waals surface area contributed by atoms with Crippen LogP contribution in [-0.4, -0.2) is 10.8 Å². The van der Waals surface area contributed by atoms with E-state index in [2.05, 4.69) is 11.1 Å². The third-order valence-corrected chi connectivity index (χ3v) is 3.80. The van der Waals surface area contributed by atoms with Gasteiger partial charge in [-0.15, -0.1) is 0 Å². The van der Waals surface area contributed by atoms with Crippen molar-refractivity contribution < 1.29 is 4.79 Å². The van der Waals surface area contributed by atoms with Crippen LogP contribution < -0.4 is 0 Å². The van der Waals surface area contributed by atoms with Gasteiger partial charge in [-0.3, -0.25) is 4.79 Å². The van der Waals surface area contributed by atoms with Gasteiger partial charge in [0.1, 0.15) is 0 Å². The minimum absolute atomic E-state index is 0.0583. The number of Topliss-reactive ketones (excluding diaryl/α,β-unsaturated/α-hetero) is 1. The number of nitriles is 1. The largest absolute Gasteiger partial charge is 0.360 e. The fraction of sp³-hybridized carbons (Fsp3) is 0.0588. The van der Waals surface area contributed by atoms with Gasteiger partial charge in [0.25, 0.3) is 0 Å². The van der Waals surface area contributed by atoms with E-state index in [1.54, 1.807) is 24.4 Å². The Balaban J connectivity index is 2.03. The molecule has 0 aliphatic heterocycles. The third-order valence-electron chi connectivity index (χ3n) is 3.44. The highest BCUT2D eigenvalue weighted by Gasteiger charge is 2.16. The monoisotopic (exact) mass is 294 g/mol. The minimum atomic E-state index is -0.0583. The van der Waals surface area contributed by atoms with E-state index >= 15 is 0 Å². The van der Waals surface area contributed by atoms with E-state index < -0.39 is 0 Å². The molecule has 0 amide bonds. The van der Waals surface area contributed by atoms with E-state index in [0.29, 0.717) is 21.5 Å². The molecule has 0 saturated carbocycles. The van der Waals surface area contributed by atoms with Crippen molar-refractivity contribution in [3.63, 3.8) is 0 Å². The second-order valence-corrected chi connectivity index (χ2v) is 5.14. The molecule has 0 unspecified atom stereocenters. The first-order chi connectivity index (χ1) is 10.2. The second kappa shape index (κ2) is 5.43. The first kappa shape index (κ1) is 13.4. The number of ketones is 1. The molecule has 1 heterocycles. The molecule has 0 radical (unpaired) electrons. The molecular weight excluding hydrogens is 284 g/mol. The second-order valence-electron chi connectivity index (χ2n) is 4.73. The summed E-state index contributed by atoms with van der Waals surface area (Å²) in [5.41, 5.74) is 2.60. The van der Waals surface area contributed by atoms with Crippen molar-refractivity contribution in [3.8, 4) is 6.07 Å². The lowest BCUT2D eigenvalue weighted by Crippen LogP contribution is -2.03. The van der Waals surface area contributed by atoms with Gasteiger partial charge >= 0.3 is 0 Å². The molecule has 0 bridgehead atoms. The molecule has 2 aromatic carbocycles. The van der Waals surface area contributed by atoms with Crippen LogP contribution in [0.25, 0.3) is 10.9 Å². The molecule has 21 heavy (non-hydrogen) atoms. The van der Waals surface area contributed by atoms with Crippen molar-refractivity contribution >= 4 is 28.3 Å². The Bertz CT molecular complexity index is 874. The molecule has 102 valence electrons. The lowest BCUT2D eigenvalue weighted by molar-refractivity contribution is 0.0994. The number of aromatic nitrogens is 1. The maximum atomic E-state index is 12.5. The molecule has 0 fully saturated rings. The number of carbonyl (C=O) groups is 1. The van der Waals surface area contributed by atoms with Crippen LogP contribution in [0.1, 0.15) is 21.5 Å². The number of nitrogens with one attached hydrogen (secondary N) is 1. The molecule has 0 atom stereocenters. The van der Waals surface area contributed by atoms with E-state index in [1.807, 2.05) is 24.3 Å². The van der Waals surface area contributed by atoms with Crippen molar-refractivity contribution in [2.75, 3.05) is 0 Å². The Morgan fingerprint density at radius 1 is 1.19 bits per heavy atom. The van der Waals surface area contributed by atoms with Gasteiger partial charge in [-0.25, -0.2) is 0 Å². The number of carbonyl (C=O) groups excluding carboxylic acids is 1. The number of nitrogens with zero attached hydrogens (tertiary/aromatic N) is 1. The molecule has 0 spiro atoms. The normalized spacial score (nSPS) is 10.5. The SMILES string of the molecule is N#Cc1cccc2[nH]cc(C(=O)Cc3ccccc3Cl)c12. The Kier molecular flexibility index (Phi) is 3.47. The van der Waals surface area contributed by atoms with E-state index in [0.717, 1.165) is 11.1 Å². The predicted molar refractivity (Wildman–Crippen MR) is 82.5 cm³/mol. The fourth-order valence-electron chi connectivity index (χ4n) is 2.41. The molecule has 1 aromatic heterocycles. The van der Waals surface area contributed by atoms with Gasteiger partial charge < -0.3 is 4.98 Å². The topological polar surface area (TPSA) is 56.6 Å². The van der Waals surface area contributed by atoms with Gasteiger partial charge in [-0.1, -0.05) is 35.9 Å². The van der Waals surface area contributed by atoms with E-state index in [9.17, 15) is 10.1 Å². The summed E-state index contributed by atoms with van der Waals surface area (Å²) < 4.78 is 0. The zero-order chi connectivity index (χ0) is 14.8. The van der Waals surface area contributed by atoms with Gasteiger partial charge in [0.05, 0.1) is 11.6 Å². The van der Waals surface area contributed by atoms with Crippen molar-refractivity contribution in [2.45, 2.75) is 6.42 Å². The van der Waals surface area contributed by atoms with Crippen LogP contribution in [0.4, 0.5) is 0 Å². The summed E-state index contributed by atoms with van der Waals surface area (Å²) in [6, 6.07) is 14.8. The minimum Gasteiger partial charge on any atom is -0.360 e. The Labute approximate surface area is 126 Å². The van der Waals surface area contributed by atoms with Crippen molar-refractivity contribution in [1.82, 2.24) is 4.98 Å². The number of hydrogen-bond acceptors (Lipinski definition) is 2. The fourth-order valence-corrected chi connectivity index (χ4v) is 2.61. The first-order valence-electron chi connectivity index (χ1n) is 6.47. The van der Waals surface area contributed by atoms with Crippen molar-refractivity contribution in [3.05, 3.63) is 70.4 Å². The highest BCUT2D eigenvalue weighted by Crippen LogP contribution is 2.25. The summed E-state index contributed by atoms with van der Waals surface area (Å²) in [6.07, 6.45) is 1.87. The zero-order valence-electron chi connectivity index (χ0n) is 11.1. The molecule has 3 aromatic rings. The molecule has 1 N–H and O–H groups in total. The van der Waals surface area contributed by atoms with E-state index in [-0.39, 0.29) is 12.2 Å². The summed E-state index contributed by atoms with van der Waals surface area (Å²) in [6.45, 7) is 0. The zero-order valence-corrected chi connectivity index (χ0v) is 11.8. The predicted octanol–water partition coefficient (Wildman–Crippen LogP) is 4.12. The Hall–Kier alpha value is -2.57. The van der Waals surface area contributed by atoms with E-state index in [1.165, 1.54) is 0 Å². The lowest BCUT2D eigenvalue weighted by Gasteiger charge is -2.03. The highest BCUT2D eigenvalue weighted by molar-refractivity contribution is 6.31. The van der Waals surface area contributed by atoms with Crippen LogP contribution in [0.5, 0.6) is 0 Å². The van der Waals surface area contributed by atoms with Crippen LogP contribution in [0.3, 0.4) is 0 Å². The van der Waals surface area contributed by atoms with Crippen molar-refractivity contribution in [1.29, 1.82) is 5.26 Å². The average molecular weight is 295 g/mol. The maximum absolute atomic E-state index is 12.5. The van der Waals surface area contributed by atoms with Gasteiger partial charge in [-0.05, 0) is 23.8 Å². The standard InChI is InChI=1S/C17H11ClN2O/c18-14-6-2-1-4-11(14)8-16(21)13-10-20-15-7-3-5-12(9-19)17(13)15/h1-7,10,20H,8H2. The number of halogens is 1. The summed E-state index contributed by atoms with van der Waals surface area (Å²) >= 11 is 6.09. The smallest absolute Gasteiger partial charge is 0.169 e. The van der Waals surface area contributed by atoms with Gasteiger partial charge in [0.15, 0.2) is 5.78 Å².